The summed E-state index contributed by atoms with van der Waals surface area (Å²) in [6.45, 7) is 4.00. The van der Waals surface area contributed by atoms with Gasteiger partial charge < -0.3 is 10.6 Å². The molecule has 0 spiro atoms. The number of nitrogens with one attached hydrogen (secondary N) is 2. The number of anilines is 3. The van der Waals surface area contributed by atoms with Crippen molar-refractivity contribution in [2.75, 3.05) is 10.6 Å². The molecule has 148 valence electrons. The highest BCUT2D eigenvalue weighted by atomic mass is 32.2. The minimum Gasteiger partial charge on any atom is -0.326 e. The van der Waals surface area contributed by atoms with Gasteiger partial charge >= 0.3 is 0 Å². The molecule has 0 aliphatic heterocycles. The summed E-state index contributed by atoms with van der Waals surface area (Å²) in [4.78, 5) is 30.7. The van der Waals surface area contributed by atoms with E-state index in [4.69, 9.17) is 0 Å². The van der Waals surface area contributed by atoms with Crippen molar-refractivity contribution < 1.29 is 4.79 Å². The summed E-state index contributed by atoms with van der Waals surface area (Å²) in [5.41, 5.74) is 1.90. The Hall–Kier alpha value is -3.00. The maximum absolute atomic E-state index is 11.9. The van der Waals surface area contributed by atoms with Gasteiger partial charge in [0.25, 0.3) is 0 Å². The zero-order chi connectivity index (χ0) is 20.2. The molecule has 0 unspecified atom stereocenters. The first-order valence-corrected chi connectivity index (χ1v) is 10.4. The van der Waals surface area contributed by atoms with Crippen LogP contribution in [0, 0.1) is 12.8 Å². The number of aryl methyl sites for hydroxylation is 2. The largest absolute Gasteiger partial charge is 0.326 e. The Bertz CT molecular complexity index is 1000. The molecule has 1 aliphatic rings. The second kappa shape index (κ2) is 8.57. The van der Waals surface area contributed by atoms with Crippen LogP contribution in [-0.4, -0.2) is 25.8 Å². The summed E-state index contributed by atoms with van der Waals surface area (Å²) in [6, 6.07) is 11.6. The van der Waals surface area contributed by atoms with E-state index in [1.807, 2.05) is 50.2 Å². The molecule has 29 heavy (non-hydrogen) atoms. The van der Waals surface area contributed by atoms with E-state index in [2.05, 4.69) is 30.6 Å². The molecule has 0 atom stereocenters. The molecule has 3 aromatic rings. The Kier molecular flexibility index (Phi) is 5.71. The van der Waals surface area contributed by atoms with E-state index >= 15 is 0 Å². The van der Waals surface area contributed by atoms with Gasteiger partial charge in [0.2, 0.25) is 11.9 Å². The van der Waals surface area contributed by atoms with Crippen molar-refractivity contribution in [3.63, 3.8) is 0 Å². The average Bonchev–Trinajstić information content (AvgIpc) is 3.56. The third-order valence-corrected chi connectivity index (χ3v) is 5.28. The van der Waals surface area contributed by atoms with E-state index in [0.29, 0.717) is 29.2 Å². The highest BCUT2D eigenvalue weighted by Gasteiger charge is 2.29. The second-order valence-electron chi connectivity index (χ2n) is 6.95. The first-order valence-electron chi connectivity index (χ1n) is 9.62. The summed E-state index contributed by atoms with van der Waals surface area (Å²) < 4.78 is 0. The number of aromatic nitrogens is 4. The predicted octanol–water partition coefficient (Wildman–Crippen LogP) is 4.38. The summed E-state index contributed by atoms with van der Waals surface area (Å²) in [5, 5.41) is 6.70. The fraction of sp³-hybridized carbons (Fsp3) is 0.286. The van der Waals surface area contributed by atoms with Crippen LogP contribution in [0.3, 0.4) is 0 Å². The number of pyridine rings is 1. The quantitative estimate of drug-likeness (QED) is 0.601. The molecule has 7 nitrogen and oxygen atoms in total. The van der Waals surface area contributed by atoms with Crippen LogP contribution in [0.25, 0.3) is 0 Å². The maximum atomic E-state index is 11.9. The van der Waals surface area contributed by atoms with Crippen LogP contribution < -0.4 is 10.6 Å². The zero-order valence-corrected chi connectivity index (χ0v) is 17.2. The molecule has 2 N–H and O–H groups in total. The van der Waals surface area contributed by atoms with Crippen molar-refractivity contribution in [1.82, 2.24) is 19.9 Å². The fourth-order valence-electron chi connectivity index (χ4n) is 2.62. The number of carbonyl (C=O) groups excluding carboxylic acids is 1. The van der Waals surface area contributed by atoms with Crippen molar-refractivity contribution in [2.45, 2.75) is 43.2 Å². The van der Waals surface area contributed by atoms with E-state index in [9.17, 15) is 4.79 Å². The lowest BCUT2D eigenvalue weighted by Gasteiger charge is -2.08. The van der Waals surface area contributed by atoms with E-state index in [0.717, 1.165) is 29.0 Å². The van der Waals surface area contributed by atoms with Gasteiger partial charge in [0, 0.05) is 29.1 Å². The van der Waals surface area contributed by atoms with Gasteiger partial charge in [-0.05, 0) is 67.4 Å². The minimum atomic E-state index is 0.107. The van der Waals surface area contributed by atoms with E-state index in [1.165, 1.54) is 11.8 Å². The smallest absolute Gasteiger partial charge is 0.232 e. The highest BCUT2D eigenvalue weighted by Crippen LogP contribution is 2.31. The summed E-state index contributed by atoms with van der Waals surface area (Å²) in [6.07, 6.45) is 4.49. The molecule has 0 saturated heterocycles. The van der Waals surface area contributed by atoms with Gasteiger partial charge in [0.05, 0.1) is 0 Å². The molecule has 0 radical (unpaired) electrons. The van der Waals surface area contributed by atoms with Crippen molar-refractivity contribution in [2.24, 2.45) is 5.92 Å². The Morgan fingerprint density at radius 2 is 1.90 bits per heavy atom. The third kappa shape index (κ3) is 5.29. The van der Waals surface area contributed by atoms with Crippen LogP contribution in [0.2, 0.25) is 0 Å². The molecular weight excluding hydrogens is 384 g/mol. The normalized spacial score (nSPS) is 13.2. The second-order valence-corrected chi connectivity index (χ2v) is 7.99. The van der Waals surface area contributed by atoms with Crippen LogP contribution in [0.1, 0.15) is 31.2 Å². The van der Waals surface area contributed by atoms with Crippen LogP contribution in [-0.2, 0) is 11.2 Å². The average molecular weight is 407 g/mol. The van der Waals surface area contributed by atoms with Gasteiger partial charge in [-0.15, -0.1) is 0 Å². The predicted molar refractivity (Wildman–Crippen MR) is 113 cm³/mol. The third-order valence-electron chi connectivity index (χ3n) is 4.41. The lowest BCUT2D eigenvalue weighted by molar-refractivity contribution is -0.117. The minimum absolute atomic E-state index is 0.107. The molecule has 1 aliphatic carbocycles. The van der Waals surface area contributed by atoms with Crippen molar-refractivity contribution in [3.8, 4) is 0 Å². The molecule has 8 heteroatoms. The van der Waals surface area contributed by atoms with Crippen LogP contribution in [0.15, 0.2) is 52.6 Å². The van der Waals surface area contributed by atoms with Crippen LogP contribution in [0.5, 0.6) is 0 Å². The number of nitrogens with zero attached hydrogens (tertiary/aromatic N) is 4. The van der Waals surface area contributed by atoms with Gasteiger partial charge in [-0.3, -0.25) is 4.79 Å². The number of hydrogen-bond donors (Lipinski definition) is 2. The summed E-state index contributed by atoms with van der Waals surface area (Å²) >= 11 is 1.46. The summed E-state index contributed by atoms with van der Waals surface area (Å²) in [7, 11) is 0. The van der Waals surface area contributed by atoms with Gasteiger partial charge in [0.15, 0.2) is 5.16 Å². The zero-order valence-electron chi connectivity index (χ0n) is 16.3. The topological polar surface area (TPSA) is 92.7 Å². The number of hydrogen-bond acceptors (Lipinski definition) is 7. The van der Waals surface area contributed by atoms with Crippen molar-refractivity contribution in [3.05, 3.63) is 54.0 Å². The SMILES string of the molecule is CCc1nc(Nc2ccc(C)cn2)nc(Sc2ccc(NC(=O)C3CC3)cc2)n1. The lowest BCUT2D eigenvalue weighted by atomic mass is 10.3. The fourth-order valence-corrected chi connectivity index (χ4v) is 3.38. The number of benzene rings is 1. The van der Waals surface area contributed by atoms with Gasteiger partial charge in [0.1, 0.15) is 11.6 Å². The Morgan fingerprint density at radius 1 is 1.10 bits per heavy atom. The molecule has 0 bridgehead atoms. The Labute approximate surface area is 173 Å². The maximum Gasteiger partial charge on any atom is 0.232 e. The molecule has 1 saturated carbocycles. The van der Waals surface area contributed by atoms with E-state index in [-0.39, 0.29) is 11.8 Å². The molecule has 1 aromatic carbocycles. The molecule has 1 amide bonds. The molecule has 4 rings (SSSR count). The first-order chi connectivity index (χ1) is 14.1. The number of carbonyl (C=O) groups is 1. The monoisotopic (exact) mass is 406 g/mol. The highest BCUT2D eigenvalue weighted by molar-refractivity contribution is 7.99. The number of rotatable bonds is 7. The molecular formula is C21H22N6OS. The van der Waals surface area contributed by atoms with Gasteiger partial charge in [-0.1, -0.05) is 13.0 Å². The van der Waals surface area contributed by atoms with Gasteiger partial charge in [-0.2, -0.15) is 9.97 Å². The van der Waals surface area contributed by atoms with Crippen molar-refractivity contribution >= 4 is 35.1 Å². The van der Waals surface area contributed by atoms with E-state index in [1.54, 1.807) is 6.20 Å². The molecule has 2 aromatic heterocycles. The Balaban J connectivity index is 1.47. The van der Waals surface area contributed by atoms with Gasteiger partial charge in [-0.25, -0.2) is 9.97 Å². The number of amides is 1. The summed E-state index contributed by atoms with van der Waals surface area (Å²) in [5.74, 6) is 2.18. The Morgan fingerprint density at radius 3 is 2.55 bits per heavy atom. The van der Waals surface area contributed by atoms with Crippen molar-refractivity contribution in [1.29, 1.82) is 0 Å². The molecule has 1 fully saturated rings. The molecule has 2 heterocycles. The lowest BCUT2D eigenvalue weighted by Crippen LogP contribution is -2.12. The standard InChI is InChI=1S/C21H22N6OS/c1-3-17-24-20(25-18-11-4-13(2)12-22-18)27-21(26-17)29-16-9-7-15(8-10-16)23-19(28)14-5-6-14/h4,7-12,14H,3,5-6H2,1-2H3,(H,23,28)(H,22,24,25,26,27). The van der Waals surface area contributed by atoms with Crippen LogP contribution >= 0.6 is 11.8 Å². The van der Waals surface area contributed by atoms with Crippen LogP contribution in [0.4, 0.5) is 17.5 Å². The first kappa shape index (κ1) is 19.3. The van der Waals surface area contributed by atoms with E-state index < -0.39 is 0 Å².